The molecule has 22 heavy (non-hydrogen) atoms. The summed E-state index contributed by atoms with van der Waals surface area (Å²) in [5.41, 5.74) is -2.78. The van der Waals surface area contributed by atoms with Crippen LogP contribution in [0.3, 0.4) is 0 Å². The van der Waals surface area contributed by atoms with Crippen molar-refractivity contribution >= 4 is 16.9 Å². The van der Waals surface area contributed by atoms with Gasteiger partial charge in [-0.05, 0) is 6.07 Å². The lowest BCUT2D eigenvalue weighted by atomic mass is 10.1. The number of aromatic nitrogens is 1. The van der Waals surface area contributed by atoms with Crippen molar-refractivity contribution < 1.29 is 23.1 Å². The van der Waals surface area contributed by atoms with Crippen LogP contribution >= 0.6 is 0 Å². The number of halogens is 3. The topological polar surface area (TPSA) is 83.1 Å². The Bertz CT molecular complexity index is 930. The van der Waals surface area contributed by atoms with Crippen molar-refractivity contribution in [1.29, 1.82) is 5.26 Å². The van der Waals surface area contributed by atoms with Gasteiger partial charge in [0, 0.05) is 12.6 Å². The third-order valence-electron chi connectivity index (χ3n) is 3.59. The first-order valence-electron chi connectivity index (χ1n) is 6.21. The molecule has 1 aliphatic carbocycles. The second-order valence-electron chi connectivity index (χ2n) is 4.96. The van der Waals surface area contributed by atoms with Crippen molar-refractivity contribution in [3.8, 4) is 6.07 Å². The van der Waals surface area contributed by atoms with E-state index in [1.165, 1.54) is 6.07 Å². The molecule has 0 aliphatic heterocycles. The Hall–Kier alpha value is -2.82. The fourth-order valence-electron chi connectivity index (χ4n) is 2.42. The summed E-state index contributed by atoms with van der Waals surface area (Å²) in [6.45, 7) is 0. The van der Waals surface area contributed by atoms with Crippen LogP contribution < -0.4 is 5.43 Å². The van der Waals surface area contributed by atoms with Crippen molar-refractivity contribution in [3.63, 3.8) is 0 Å². The minimum atomic E-state index is -1.57. The number of carboxylic acid groups (broad SMARTS) is 1. The van der Waals surface area contributed by atoms with Crippen molar-refractivity contribution in [1.82, 2.24) is 4.57 Å². The summed E-state index contributed by atoms with van der Waals surface area (Å²) in [6.07, 6.45) is -0.386. The monoisotopic (exact) mass is 308 g/mol. The fraction of sp³-hybridized carbons (Fsp3) is 0.214. The molecule has 0 spiro atoms. The molecule has 0 radical (unpaired) electrons. The van der Waals surface area contributed by atoms with Gasteiger partial charge < -0.3 is 9.67 Å². The number of fused-ring (bicyclic) bond motifs is 1. The molecule has 1 aromatic carbocycles. The molecule has 1 N–H and O–H groups in total. The van der Waals surface area contributed by atoms with Crippen LogP contribution in [0.5, 0.6) is 0 Å². The average Bonchev–Trinajstić information content (AvgIpc) is 3.18. The first-order valence-corrected chi connectivity index (χ1v) is 6.21. The van der Waals surface area contributed by atoms with E-state index < -0.39 is 51.8 Å². The van der Waals surface area contributed by atoms with Crippen LogP contribution in [0.15, 0.2) is 17.1 Å². The highest BCUT2D eigenvalue weighted by Crippen LogP contribution is 2.41. The summed E-state index contributed by atoms with van der Waals surface area (Å²) in [5.74, 6) is -4.47. The van der Waals surface area contributed by atoms with Crippen molar-refractivity contribution in [2.75, 3.05) is 0 Å². The Morgan fingerprint density at radius 3 is 2.59 bits per heavy atom. The molecule has 8 heteroatoms. The number of hydrogen-bond donors (Lipinski definition) is 1. The van der Waals surface area contributed by atoms with E-state index in [0.29, 0.717) is 6.07 Å². The smallest absolute Gasteiger partial charge is 0.341 e. The molecule has 5 nitrogen and oxygen atoms in total. The summed E-state index contributed by atoms with van der Waals surface area (Å²) in [7, 11) is 0. The normalized spacial score (nSPS) is 19.9. The van der Waals surface area contributed by atoms with E-state index >= 15 is 0 Å². The van der Waals surface area contributed by atoms with Gasteiger partial charge in [-0.25, -0.2) is 18.0 Å². The third kappa shape index (κ3) is 1.86. The van der Waals surface area contributed by atoms with Crippen LogP contribution in [0.25, 0.3) is 10.9 Å². The van der Waals surface area contributed by atoms with Crippen molar-refractivity contribution in [2.24, 2.45) is 0 Å². The van der Waals surface area contributed by atoms with E-state index in [0.717, 1.165) is 10.8 Å². The lowest BCUT2D eigenvalue weighted by molar-refractivity contribution is 0.0694. The minimum absolute atomic E-state index is 0.0426. The number of nitrogens with zero attached hydrogens (tertiary/aromatic N) is 2. The van der Waals surface area contributed by atoms with E-state index in [2.05, 4.69) is 0 Å². The molecule has 1 fully saturated rings. The van der Waals surface area contributed by atoms with Crippen LogP contribution in [0.4, 0.5) is 13.2 Å². The maximum absolute atomic E-state index is 13.8. The Morgan fingerprint density at radius 2 is 2.09 bits per heavy atom. The van der Waals surface area contributed by atoms with E-state index in [9.17, 15) is 22.8 Å². The second-order valence-corrected chi connectivity index (χ2v) is 4.96. The fourth-order valence-corrected chi connectivity index (χ4v) is 2.42. The Morgan fingerprint density at radius 1 is 1.45 bits per heavy atom. The molecular formula is C14H7F3N2O3. The van der Waals surface area contributed by atoms with Gasteiger partial charge in [0.25, 0.3) is 0 Å². The third-order valence-corrected chi connectivity index (χ3v) is 3.59. The molecular weight excluding hydrogens is 301 g/mol. The Labute approximate surface area is 120 Å². The van der Waals surface area contributed by atoms with Gasteiger partial charge in [-0.1, -0.05) is 0 Å². The number of rotatable bonds is 2. The molecule has 1 unspecified atom stereocenters. The molecule has 0 bridgehead atoms. The molecule has 1 aromatic heterocycles. The van der Waals surface area contributed by atoms with Gasteiger partial charge in [0.2, 0.25) is 5.43 Å². The molecule has 2 atom stereocenters. The molecule has 112 valence electrons. The zero-order chi connectivity index (χ0) is 16.2. The highest BCUT2D eigenvalue weighted by molar-refractivity contribution is 5.94. The van der Waals surface area contributed by atoms with Crippen LogP contribution in [0.1, 0.15) is 28.4 Å². The highest BCUT2D eigenvalue weighted by Gasteiger charge is 2.40. The van der Waals surface area contributed by atoms with Crippen LogP contribution in [-0.2, 0) is 0 Å². The molecule has 2 aromatic rings. The molecule has 1 saturated carbocycles. The standard InChI is InChI=1S/C14H7F3N2O3/c15-8-2-10(8)19-4-7(14(21)22)13(20)5-1-9(16)11(17)6(3-18)12(5)19/h1,4,8,10H,2H2,(H,21,22)/t8-,10?/m0/s1. The Kier molecular flexibility index (Phi) is 2.95. The quantitative estimate of drug-likeness (QED) is 0.921. The minimum Gasteiger partial charge on any atom is -0.477 e. The van der Waals surface area contributed by atoms with Gasteiger partial charge in [-0.15, -0.1) is 0 Å². The highest BCUT2D eigenvalue weighted by atomic mass is 19.2. The van der Waals surface area contributed by atoms with E-state index in [1.807, 2.05) is 0 Å². The SMILES string of the molecule is N#Cc1c(F)c(F)cc2c(=O)c(C(=O)O)cn(C3C[C@@H]3F)c12. The summed E-state index contributed by atoms with van der Waals surface area (Å²) >= 11 is 0. The zero-order valence-corrected chi connectivity index (χ0v) is 10.8. The maximum atomic E-state index is 13.8. The van der Waals surface area contributed by atoms with Gasteiger partial charge in [0.1, 0.15) is 23.4 Å². The number of nitriles is 1. The lowest BCUT2D eigenvalue weighted by Crippen LogP contribution is -2.20. The summed E-state index contributed by atoms with van der Waals surface area (Å²) < 4.78 is 41.7. The van der Waals surface area contributed by atoms with Crippen LogP contribution in [-0.4, -0.2) is 21.8 Å². The molecule has 0 saturated heterocycles. The number of carbonyl (C=O) groups is 1. The molecule has 0 amide bonds. The first kappa shape index (κ1) is 14.1. The van der Waals surface area contributed by atoms with Crippen LogP contribution in [0.2, 0.25) is 0 Å². The van der Waals surface area contributed by atoms with Crippen molar-refractivity contribution in [3.05, 3.63) is 45.2 Å². The van der Waals surface area contributed by atoms with Gasteiger partial charge in [-0.2, -0.15) is 5.26 Å². The number of alkyl halides is 1. The molecule has 3 rings (SSSR count). The van der Waals surface area contributed by atoms with Crippen LogP contribution in [0, 0.1) is 23.0 Å². The molecule has 1 heterocycles. The number of carboxylic acids is 1. The second kappa shape index (κ2) is 4.59. The van der Waals surface area contributed by atoms with Gasteiger partial charge >= 0.3 is 5.97 Å². The predicted molar refractivity (Wildman–Crippen MR) is 68.3 cm³/mol. The Balaban J connectivity index is 2.54. The number of hydrogen-bond acceptors (Lipinski definition) is 3. The van der Waals surface area contributed by atoms with E-state index in [-0.39, 0.29) is 11.9 Å². The van der Waals surface area contributed by atoms with E-state index in [4.69, 9.17) is 10.4 Å². The largest absolute Gasteiger partial charge is 0.477 e. The summed E-state index contributed by atoms with van der Waals surface area (Å²) in [5, 5.41) is 17.6. The molecule has 1 aliphatic rings. The van der Waals surface area contributed by atoms with Gasteiger partial charge in [0.05, 0.1) is 16.9 Å². The summed E-state index contributed by atoms with van der Waals surface area (Å²) in [6, 6.07) is 1.18. The van der Waals surface area contributed by atoms with Gasteiger partial charge in [0.15, 0.2) is 11.6 Å². The van der Waals surface area contributed by atoms with E-state index in [1.54, 1.807) is 0 Å². The van der Waals surface area contributed by atoms with Crippen molar-refractivity contribution in [2.45, 2.75) is 18.6 Å². The maximum Gasteiger partial charge on any atom is 0.341 e. The summed E-state index contributed by atoms with van der Waals surface area (Å²) in [4.78, 5) is 23.2. The predicted octanol–water partition coefficient (Wildman–Crippen LogP) is 2.13. The first-order chi connectivity index (χ1) is 10.4. The average molecular weight is 308 g/mol. The lowest BCUT2D eigenvalue weighted by Gasteiger charge is -2.13. The van der Waals surface area contributed by atoms with Gasteiger partial charge in [-0.3, -0.25) is 4.79 Å². The number of benzene rings is 1. The number of aromatic carboxylic acids is 1. The zero-order valence-electron chi connectivity index (χ0n) is 10.8. The number of pyridine rings is 1.